The molecule has 0 unspecified atom stereocenters. The minimum absolute atomic E-state index is 0.891. The first-order valence-corrected chi connectivity index (χ1v) is 9.49. The molecule has 0 amide bonds. The van der Waals surface area contributed by atoms with E-state index in [9.17, 15) is 0 Å². The number of hydrogen-bond donors (Lipinski definition) is 1. The Hall–Kier alpha value is -3.65. The van der Waals surface area contributed by atoms with E-state index in [-0.39, 0.29) is 0 Å². The van der Waals surface area contributed by atoms with E-state index in [4.69, 9.17) is 4.98 Å². The Bertz CT molecular complexity index is 1250. The lowest BCUT2D eigenvalue weighted by Crippen LogP contribution is -1.84. The second-order valence-corrected chi connectivity index (χ2v) is 7.10. The molecule has 0 atom stereocenters. The molecule has 0 saturated heterocycles. The van der Waals surface area contributed by atoms with Crippen LogP contribution in [0, 0.1) is 6.92 Å². The van der Waals surface area contributed by atoms with Crippen molar-refractivity contribution in [2.75, 3.05) is 0 Å². The maximum Gasteiger partial charge on any atom is 0.138 e. The Morgan fingerprint density at radius 2 is 1.29 bits per heavy atom. The molecule has 1 heterocycles. The van der Waals surface area contributed by atoms with E-state index in [1.54, 1.807) is 0 Å². The van der Waals surface area contributed by atoms with E-state index in [1.165, 1.54) is 16.3 Å². The van der Waals surface area contributed by atoms with Gasteiger partial charge < -0.3 is 4.98 Å². The summed E-state index contributed by atoms with van der Waals surface area (Å²) in [5, 5.41) is 2.46. The fourth-order valence-electron chi connectivity index (χ4n) is 3.58. The van der Waals surface area contributed by atoms with Gasteiger partial charge in [-0.25, -0.2) is 4.98 Å². The third-order valence-electron chi connectivity index (χ3n) is 5.11. The van der Waals surface area contributed by atoms with Gasteiger partial charge >= 0.3 is 0 Å². The second-order valence-electron chi connectivity index (χ2n) is 7.10. The number of fused-ring (bicyclic) bond motifs is 1. The van der Waals surface area contributed by atoms with Crippen LogP contribution in [0.3, 0.4) is 0 Å². The van der Waals surface area contributed by atoms with E-state index in [1.807, 2.05) is 6.07 Å². The average Bonchev–Trinajstić information content (AvgIpc) is 3.20. The Labute approximate surface area is 164 Å². The Morgan fingerprint density at radius 1 is 0.607 bits per heavy atom. The summed E-state index contributed by atoms with van der Waals surface area (Å²) < 4.78 is 0. The molecule has 5 aromatic rings. The predicted octanol–water partition coefficient (Wildman–Crippen LogP) is 6.87. The van der Waals surface area contributed by atoms with Crippen molar-refractivity contribution in [2.24, 2.45) is 0 Å². The van der Waals surface area contributed by atoms with Crippen LogP contribution in [0.4, 0.5) is 0 Å². The number of hydrogen-bond acceptors (Lipinski definition) is 1. The molecule has 134 valence electrons. The lowest BCUT2D eigenvalue weighted by molar-refractivity contribution is 1.30. The Balaban J connectivity index is 1.71. The molecule has 0 radical (unpaired) electrons. The number of nitrogens with zero attached hydrogens (tertiary/aromatic N) is 1. The summed E-state index contributed by atoms with van der Waals surface area (Å²) in [5.74, 6) is 0.891. The highest BCUT2D eigenvalue weighted by Crippen LogP contribution is 2.34. The van der Waals surface area contributed by atoms with Gasteiger partial charge in [-0.05, 0) is 23.8 Å². The molecule has 1 N–H and O–H groups in total. The van der Waals surface area contributed by atoms with Gasteiger partial charge in [-0.3, -0.25) is 0 Å². The molecule has 1 aromatic heterocycles. The minimum atomic E-state index is 0.891. The average molecular weight is 360 g/mol. The van der Waals surface area contributed by atoms with Gasteiger partial charge in [-0.1, -0.05) is 96.6 Å². The number of benzene rings is 4. The van der Waals surface area contributed by atoms with Gasteiger partial charge in [0, 0.05) is 16.7 Å². The van der Waals surface area contributed by atoms with Crippen molar-refractivity contribution in [3.8, 4) is 33.9 Å². The van der Waals surface area contributed by atoms with Crippen LogP contribution in [0.5, 0.6) is 0 Å². The Kier molecular flexibility index (Phi) is 4.02. The molecule has 0 aliphatic rings. The molecule has 2 heteroatoms. The number of nitrogens with one attached hydrogen (secondary N) is 1. The van der Waals surface area contributed by atoms with E-state index < -0.39 is 0 Å². The van der Waals surface area contributed by atoms with Gasteiger partial charge in [0.1, 0.15) is 5.82 Å². The number of rotatable bonds is 3. The molecule has 0 bridgehead atoms. The zero-order valence-corrected chi connectivity index (χ0v) is 15.7. The smallest absolute Gasteiger partial charge is 0.138 e. The second kappa shape index (κ2) is 6.82. The SMILES string of the molecule is Cc1ccc(-c2nc(-c3ccc4ccccc4c3)c(-c3ccccc3)[nH]2)cc1. The molecule has 4 aromatic carbocycles. The van der Waals surface area contributed by atoms with Gasteiger partial charge in [0.05, 0.1) is 11.4 Å². The summed E-state index contributed by atoms with van der Waals surface area (Å²) in [5.41, 5.74) is 6.62. The first-order valence-electron chi connectivity index (χ1n) is 9.49. The highest BCUT2D eigenvalue weighted by atomic mass is 14.9. The number of aromatic amines is 1. The molecule has 28 heavy (non-hydrogen) atoms. The summed E-state index contributed by atoms with van der Waals surface area (Å²) in [7, 11) is 0. The number of imidazole rings is 1. The minimum Gasteiger partial charge on any atom is -0.337 e. The highest BCUT2D eigenvalue weighted by molar-refractivity contribution is 5.90. The monoisotopic (exact) mass is 360 g/mol. The third-order valence-corrected chi connectivity index (χ3v) is 5.11. The Morgan fingerprint density at radius 3 is 2.07 bits per heavy atom. The number of aromatic nitrogens is 2. The highest BCUT2D eigenvalue weighted by Gasteiger charge is 2.15. The third kappa shape index (κ3) is 2.99. The van der Waals surface area contributed by atoms with Gasteiger partial charge in [0.15, 0.2) is 0 Å². The van der Waals surface area contributed by atoms with Crippen LogP contribution in [0.2, 0.25) is 0 Å². The lowest BCUT2D eigenvalue weighted by Gasteiger charge is -2.05. The van der Waals surface area contributed by atoms with Crippen LogP contribution < -0.4 is 0 Å². The standard InChI is InChI=1S/C26H20N2/c1-18-11-13-21(14-12-18)26-27-24(20-8-3-2-4-9-20)25(28-26)23-16-15-19-7-5-6-10-22(19)17-23/h2-17H,1H3,(H,27,28). The summed E-state index contributed by atoms with van der Waals surface area (Å²) in [6.07, 6.45) is 0. The van der Waals surface area contributed by atoms with Crippen molar-refractivity contribution >= 4 is 10.8 Å². The fraction of sp³-hybridized carbons (Fsp3) is 0.0385. The summed E-state index contributed by atoms with van der Waals surface area (Å²) >= 11 is 0. The zero-order valence-electron chi connectivity index (χ0n) is 15.7. The maximum absolute atomic E-state index is 5.01. The molecule has 0 aliphatic heterocycles. The van der Waals surface area contributed by atoms with Gasteiger partial charge in [0.25, 0.3) is 0 Å². The van der Waals surface area contributed by atoms with Crippen molar-refractivity contribution in [1.29, 1.82) is 0 Å². The quantitative estimate of drug-likeness (QED) is 0.373. The van der Waals surface area contributed by atoms with Gasteiger partial charge in [0.2, 0.25) is 0 Å². The summed E-state index contributed by atoms with van der Waals surface area (Å²) in [4.78, 5) is 8.58. The van der Waals surface area contributed by atoms with Crippen LogP contribution in [0.25, 0.3) is 44.7 Å². The van der Waals surface area contributed by atoms with Crippen LogP contribution in [0.1, 0.15) is 5.56 Å². The molecular formula is C26H20N2. The number of aryl methyl sites for hydroxylation is 1. The van der Waals surface area contributed by atoms with E-state index in [0.29, 0.717) is 0 Å². The maximum atomic E-state index is 5.01. The molecular weight excluding hydrogens is 340 g/mol. The molecule has 0 aliphatic carbocycles. The molecule has 0 spiro atoms. The van der Waals surface area contributed by atoms with E-state index >= 15 is 0 Å². The van der Waals surface area contributed by atoms with Gasteiger partial charge in [-0.15, -0.1) is 0 Å². The normalized spacial score (nSPS) is 11.0. The van der Waals surface area contributed by atoms with E-state index in [2.05, 4.69) is 103 Å². The van der Waals surface area contributed by atoms with Crippen molar-refractivity contribution < 1.29 is 0 Å². The first kappa shape index (κ1) is 16.5. The molecule has 0 saturated carbocycles. The van der Waals surface area contributed by atoms with Crippen molar-refractivity contribution in [1.82, 2.24) is 9.97 Å². The topological polar surface area (TPSA) is 28.7 Å². The van der Waals surface area contributed by atoms with Gasteiger partial charge in [-0.2, -0.15) is 0 Å². The lowest BCUT2D eigenvalue weighted by atomic mass is 10.0. The molecule has 0 fully saturated rings. The first-order chi connectivity index (χ1) is 13.8. The van der Waals surface area contributed by atoms with Crippen LogP contribution >= 0.6 is 0 Å². The van der Waals surface area contributed by atoms with Crippen LogP contribution in [-0.2, 0) is 0 Å². The molecule has 2 nitrogen and oxygen atoms in total. The van der Waals surface area contributed by atoms with E-state index in [0.717, 1.165) is 33.9 Å². The summed E-state index contributed by atoms with van der Waals surface area (Å²) in [6.45, 7) is 2.10. The fourth-order valence-corrected chi connectivity index (χ4v) is 3.58. The number of H-pyrrole nitrogens is 1. The van der Waals surface area contributed by atoms with Crippen LogP contribution in [0.15, 0.2) is 97.1 Å². The van der Waals surface area contributed by atoms with Crippen molar-refractivity contribution in [3.63, 3.8) is 0 Å². The van der Waals surface area contributed by atoms with Crippen LogP contribution in [-0.4, -0.2) is 9.97 Å². The van der Waals surface area contributed by atoms with Crippen molar-refractivity contribution in [3.05, 3.63) is 103 Å². The zero-order chi connectivity index (χ0) is 18.9. The molecule has 5 rings (SSSR count). The summed E-state index contributed by atoms with van der Waals surface area (Å²) in [6, 6.07) is 33.9. The predicted molar refractivity (Wildman–Crippen MR) is 117 cm³/mol. The van der Waals surface area contributed by atoms with Crippen molar-refractivity contribution in [2.45, 2.75) is 6.92 Å². The largest absolute Gasteiger partial charge is 0.337 e.